The lowest BCUT2D eigenvalue weighted by molar-refractivity contribution is -0.137. The van der Waals surface area contributed by atoms with Gasteiger partial charge in [0.2, 0.25) is 11.8 Å². The van der Waals surface area contributed by atoms with Gasteiger partial charge in [0.15, 0.2) is 0 Å². The summed E-state index contributed by atoms with van der Waals surface area (Å²) in [5.74, 6) is -0.196. The zero-order valence-electron chi connectivity index (χ0n) is 10.8. The van der Waals surface area contributed by atoms with Crippen molar-refractivity contribution in [2.45, 2.75) is 19.4 Å². The van der Waals surface area contributed by atoms with Gasteiger partial charge in [0.1, 0.15) is 11.8 Å². The monoisotopic (exact) mass is 250 g/mol. The van der Waals surface area contributed by atoms with Crippen LogP contribution in [0.2, 0.25) is 0 Å². The minimum Gasteiger partial charge on any atom is -0.508 e. The first-order chi connectivity index (χ1) is 8.45. The van der Waals surface area contributed by atoms with Gasteiger partial charge in [0, 0.05) is 27.4 Å². The van der Waals surface area contributed by atoms with Crippen molar-refractivity contribution in [3.8, 4) is 5.75 Å². The lowest BCUT2D eigenvalue weighted by Gasteiger charge is -2.25. The van der Waals surface area contributed by atoms with Gasteiger partial charge >= 0.3 is 0 Å². The number of hydrogen-bond acceptors (Lipinski definition) is 3. The van der Waals surface area contributed by atoms with Crippen LogP contribution >= 0.6 is 0 Å². The molecule has 1 unspecified atom stereocenters. The number of aromatic hydroxyl groups is 1. The minimum absolute atomic E-state index is 0.164. The molecule has 0 saturated heterocycles. The summed E-state index contributed by atoms with van der Waals surface area (Å²) < 4.78 is 0. The van der Waals surface area contributed by atoms with Crippen LogP contribution in [-0.4, -0.2) is 42.0 Å². The Morgan fingerprint density at radius 1 is 1.33 bits per heavy atom. The average Bonchev–Trinajstić information content (AvgIpc) is 2.36. The molecule has 5 nitrogen and oxygen atoms in total. The maximum atomic E-state index is 11.8. The second-order valence-corrected chi connectivity index (χ2v) is 4.13. The number of rotatable bonds is 4. The van der Waals surface area contributed by atoms with Crippen LogP contribution in [0.1, 0.15) is 12.5 Å². The quantitative estimate of drug-likeness (QED) is 0.819. The maximum Gasteiger partial charge on any atom is 0.242 e. The van der Waals surface area contributed by atoms with Crippen molar-refractivity contribution < 1.29 is 14.7 Å². The lowest BCUT2D eigenvalue weighted by Crippen LogP contribution is -2.47. The molecule has 0 fully saturated rings. The molecule has 1 aromatic carbocycles. The van der Waals surface area contributed by atoms with E-state index in [2.05, 4.69) is 5.32 Å². The summed E-state index contributed by atoms with van der Waals surface area (Å²) in [6.45, 7) is 1.42. The number of phenols is 1. The first-order valence-electron chi connectivity index (χ1n) is 5.68. The summed E-state index contributed by atoms with van der Waals surface area (Å²) in [6, 6.07) is 6.05. The summed E-state index contributed by atoms with van der Waals surface area (Å²) in [5.41, 5.74) is 0.884. The predicted molar refractivity (Wildman–Crippen MR) is 68.1 cm³/mol. The van der Waals surface area contributed by atoms with Crippen LogP contribution in [0.4, 0.5) is 0 Å². The van der Waals surface area contributed by atoms with Crippen molar-refractivity contribution in [3.63, 3.8) is 0 Å². The Labute approximate surface area is 106 Å². The second kappa shape index (κ2) is 6.05. The van der Waals surface area contributed by atoms with E-state index >= 15 is 0 Å². The van der Waals surface area contributed by atoms with Gasteiger partial charge in [-0.25, -0.2) is 0 Å². The molecule has 2 N–H and O–H groups in total. The first kappa shape index (κ1) is 14.0. The summed E-state index contributed by atoms with van der Waals surface area (Å²) in [4.78, 5) is 24.5. The fourth-order valence-corrected chi connectivity index (χ4v) is 1.65. The second-order valence-electron chi connectivity index (χ2n) is 4.13. The highest BCUT2D eigenvalue weighted by atomic mass is 16.3. The van der Waals surface area contributed by atoms with Gasteiger partial charge < -0.3 is 15.3 Å². The average molecular weight is 250 g/mol. The number of hydrogen-bond donors (Lipinski definition) is 2. The minimum atomic E-state index is -0.544. The van der Waals surface area contributed by atoms with Crippen LogP contribution in [-0.2, 0) is 16.0 Å². The van der Waals surface area contributed by atoms with E-state index in [0.29, 0.717) is 6.42 Å². The summed E-state index contributed by atoms with van der Waals surface area (Å²) in [7, 11) is 3.14. The van der Waals surface area contributed by atoms with Gasteiger partial charge in [-0.2, -0.15) is 0 Å². The largest absolute Gasteiger partial charge is 0.508 e. The third-order valence-corrected chi connectivity index (χ3v) is 2.88. The molecule has 1 aromatic rings. The molecule has 2 amide bonds. The number of amides is 2. The molecule has 0 aliphatic heterocycles. The van der Waals surface area contributed by atoms with Gasteiger partial charge in [-0.15, -0.1) is 0 Å². The van der Waals surface area contributed by atoms with Crippen LogP contribution in [0.3, 0.4) is 0 Å². The molecule has 18 heavy (non-hydrogen) atoms. The van der Waals surface area contributed by atoms with E-state index in [-0.39, 0.29) is 17.6 Å². The molecular weight excluding hydrogens is 232 g/mol. The number of carbonyl (C=O) groups is 2. The van der Waals surface area contributed by atoms with Crippen molar-refractivity contribution >= 4 is 11.8 Å². The van der Waals surface area contributed by atoms with Crippen LogP contribution in [0.25, 0.3) is 0 Å². The standard InChI is InChI=1S/C13H18N2O3/c1-9(16)15(3)12(13(18)14-2)8-10-4-6-11(17)7-5-10/h4-7,12,17H,8H2,1-3H3,(H,14,18). The Kier molecular flexibility index (Phi) is 4.71. The van der Waals surface area contributed by atoms with Crippen molar-refractivity contribution in [2.75, 3.05) is 14.1 Å². The van der Waals surface area contributed by atoms with E-state index in [1.54, 1.807) is 38.4 Å². The van der Waals surface area contributed by atoms with Crippen molar-refractivity contribution in [3.05, 3.63) is 29.8 Å². The SMILES string of the molecule is CNC(=O)C(Cc1ccc(O)cc1)N(C)C(C)=O. The predicted octanol–water partition coefficient (Wildman–Crippen LogP) is 0.528. The fraction of sp³-hybridized carbons (Fsp3) is 0.385. The third kappa shape index (κ3) is 3.48. The van der Waals surface area contributed by atoms with Gasteiger partial charge in [-0.3, -0.25) is 9.59 Å². The van der Waals surface area contributed by atoms with E-state index in [1.165, 1.54) is 11.8 Å². The van der Waals surface area contributed by atoms with Crippen molar-refractivity contribution in [1.29, 1.82) is 0 Å². The van der Waals surface area contributed by atoms with Crippen LogP contribution < -0.4 is 5.32 Å². The zero-order chi connectivity index (χ0) is 13.7. The van der Waals surface area contributed by atoms with E-state index in [4.69, 9.17) is 0 Å². The molecule has 1 rings (SSSR count). The zero-order valence-corrected chi connectivity index (χ0v) is 10.8. The van der Waals surface area contributed by atoms with Crippen LogP contribution in [0.5, 0.6) is 5.75 Å². The van der Waals surface area contributed by atoms with Crippen molar-refractivity contribution in [2.24, 2.45) is 0 Å². The first-order valence-corrected chi connectivity index (χ1v) is 5.68. The van der Waals surface area contributed by atoms with Gasteiger partial charge in [-0.05, 0) is 17.7 Å². The molecule has 0 spiro atoms. The third-order valence-electron chi connectivity index (χ3n) is 2.88. The number of benzene rings is 1. The number of phenolic OH excluding ortho intramolecular Hbond substituents is 1. The maximum absolute atomic E-state index is 11.8. The highest BCUT2D eigenvalue weighted by Gasteiger charge is 2.24. The fourth-order valence-electron chi connectivity index (χ4n) is 1.65. The lowest BCUT2D eigenvalue weighted by atomic mass is 10.0. The molecule has 0 aliphatic rings. The number of nitrogens with zero attached hydrogens (tertiary/aromatic N) is 1. The summed E-state index contributed by atoms with van der Waals surface area (Å²) in [6.07, 6.45) is 0.413. The smallest absolute Gasteiger partial charge is 0.242 e. The molecule has 98 valence electrons. The Balaban J connectivity index is 2.88. The summed E-state index contributed by atoms with van der Waals surface area (Å²) >= 11 is 0. The van der Waals surface area contributed by atoms with Crippen LogP contribution in [0.15, 0.2) is 24.3 Å². The highest BCUT2D eigenvalue weighted by Crippen LogP contribution is 2.13. The number of likely N-dealkylation sites (N-methyl/N-ethyl adjacent to an activating group) is 2. The Morgan fingerprint density at radius 2 is 1.89 bits per heavy atom. The normalized spacial score (nSPS) is 11.7. The highest BCUT2D eigenvalue weighted by molar-refractivity contribution is 5.86. The van der Waals surface area contributed by atoms with Gasteiger partial charge in [0.05, 0.1) is 0 Å². The number of carbonyl (C=O) groups excluding carboxylic acids is 2. The number of nitrogens with one attached hydrogen (secondary N) is 1. The topological polar surface area (TPSA) is 69.6 Å². The summed E-state index contributed by atoms with van der Waals surface area (Å²) in [5, 5.41) is 11.8. The molecule has 0 bridgehead atoms. The van der Waals surface area contributed by atoms with E-state index < -0.39 is 6.04 Å². The van der Waals surface area contributed by atoms with Crippen molar-refractivity contribution in [1.82, 2.24) is 10.2 Å². The molecule has 0 saturated carbocycles. The molecular formula is C13H18N2O3. The van der Waals surface area contributed by atoms with E-state index in [1.807, 2.05) is 0 Å². The van der Waals surface area contributed by atoms with Crippen LogP contribution in [0, 0.1) is 0 Å². The Bertz CT molecular complexity index is 428. The molecule has 0 aromatic heterocycles. The molecule has 0 aliphatic carbocycles. The molecule has 0 radical (unpaired) electrons. The molecule has 1 atom stereocenters. The van der Waals surface area contributed by atoms with Gasteiger partial charge in [0.25, 0.3) is 0 Å². The van der Waals surface area contributed by atoms with E-state index in [9.17, 15) is 14.7 Å². The molecule has 5 heteroatoms. The Morgan fingerprint density at radius 3 is 2.33 bits per heavy atom. The van der Waals surface area contributed by atoms with Gasteiger partial charge in [-0.1, -0.05) is 12.1 Å². The van der Waals surface area contributed by atoms with E-state index in [0.717, 1.165) is 5.56 Å². The molecule has 0 heterocycles. The Hall–Kier alpha value is -2.04.